The van der Waals surface area contributed by atoms with Crippen LogP contribution in [0.25, 0.3) is 0 Å². The first-order chi connectivity index (χ1) is 6.72. The zero-order valence-corrected chi connectivity index (χ0v) is 8.11. The van der Waals surface area contributed by atoms with E-state index in [2.05, 4.69) is 5.32 Å². The van der Waals surface area contributed by atoms with Crippen LogP contribution in [0.3, 0.4) is 0 Å². The summed E-state index contributed by atoms with van der Waals surface area (Å²) in [4.78, 5) is 10.4. The predicted molar refractivity (Wildman–Crippen MR) is 50.2 cm³/mol. The number of carboxylic acid groups (broad SMARTS) is 1. The second-order valence-electron chi connectivity index (χ2n) is 3.62. The summed E-state index contributed by atoms with van der Waals surface area (Å²) in [6.07, 6.45) is 1.54. The topological polar surface area (TPSA) is 78.8 Å². The highest BCUT2D eigenvalue weighted by molar-refractivity contribution is 5.64. The summed E-state index contributed by atoms with van der Waals surface area (Å²) in [7, 11) is 0. The summed E-state index contributed by atoms with van der Waals surface area (Å²) in [5, 5.41) is 19.7. The normalized spacial score (nSPS) is 20.4. The van der Waals surface area contributed by atoms with Gasteiger partial charge in [0.25, 0.3) is 0 Å². The molecule has 0 spiro atoms. The van der Waals surface area contributed by atoms with Gasteiger partial charge in [-0.1, -0.05) is 0 Å². The van der Waals surface area contributed by atoms with Gasteiger partial charge in [0.15, 0.2) is 0 Å². The zero-order valence-electron chi connectivity index (χ0n) is 8.11. The highest BCUT2D eigenvalue weighted by Crippen LogP contribution is 2.19. The number of aliphatic hydroxyl groups excluding tert-OH is 1. The Morgan fingerprint density at radius 2 is 2.14 bits per heavy atom. The van der Waals surface area contributed by atoms with Crippen LogP contribution in [0.15, 0.2) is 0 Å². The second kappa shape index (κ2) is 5.82. The molecule has 0 saturated carbocycles. The summed E-state index contributed by atoms with van der Waals surface area (Å²) in [5.41, 5.74) is 0. The van der Waals surface area contributed by atoms with Gasteiger partial charge in [0.05, 0.1) is 12.6 Å². The van der Waals surface area contributed by atoms with Crippen LogP contribution in [0.1, 0.15) is 19.3 Å². The van der Waals surface area contributed by atoms with Crippen molar-refractivity contribution < 1.29 is 19.7 Å². The third-order valence-electron chi connectivity index (χ3n) is 2.51. The van der Waals surface area contributed by atoms with Crippen LogP contribution in [0.4, 0.5) is 4.79 Å². The molecule has 1 amide bonds. The van der Waals surface area contributed by atoms with Crippen molar-refractivity contribution in [3.63, 3.8) is 0 Å². The van der Waals surface area contributed by atoms with Gasteiger partial charge >= 0.3 is 6.09 Å². The third-order valence-corrected chi connectivity index (χ3v) is 2.51. The van der Waals surface area contributed by atoms with E-state index in [1.165, 1.54) is 0 Å². The molecule has 0 aromatic carbocycles. The maximum atomic E-state index is 10.4. The molecule has 5 nitrogen and oxygen atoms in total. The van der Waals surface area contributed by atoms with E-state index in [-0.39, 0.29) is 12.6 Å². The van der Waals surface area contributed by atoms with Crippen LogP contribution in [-0.2, 0) is 4.74 Å². The maximum absolute atomic E-state index is 10.4. The largest absolute Gasteiger partial charge is 0.465 e. The first kappa shape index (κ1) is 11.3. The Morgan fingerprint density at radius 1 is 1.50 bits per heavy atom. The molecule has 3 N–H and O–H groups in total. The molecule has 1 saturated heterocycles. The Bertz CT molecular complexity index is 180. The van der Waals surface area contributed by atoms with Crippen molar-refractivity contribution in [3.8, 4) is 0 Å². The highest BCUT2D eigenvalue weighted by atomic mass is 16.5. The SMILES string of the molecule is O=C(O)NC(CO)CC1CCOCC1. The van der Waals surface area contributed by atoms with Crippen molar-refractivity contribution in [2.75, 3.05) is 19.8 Å². The number of ether oxygens (including phenoxy) is 1. The van der Waals surface area contributed by atoms with E-state index in [4.69, 9.17) is 14.9 Å². The third kappa shape index (κ3) is 3.93. The van der Waals surface area contributed by atoms with Gasteiger partial charge in [0, 0.05) is 13.2 Å². The summed E-state index contributed by atoms with van der Waals surface area (Å²) in [6, 6.07) is -0.337. The Balaban J connectivity index is 2.27. The molecular formula is C9H17NO4. The smallest absolute Gasteiger partial charge is 0.404 e. The molecular weight excluding hydrogens is 186 g/mol. The molecule has 0 aromatic heterocycles. The van der Waals surface area contributed by atoms with Gasteiger partial charge in [-0.15, -0.1) is 0 Å². The molecule has 1 heterocycles. The van der Waals surface area contributed by atoms with Gasteiger partial charge in [0.1, 0.15) is 0 Å². The number of aliphatic hydroxyl groups is 1. The maximum Gasteiger partial charge on any atom is 0.404 e. The van der Waals surface area contributed by atoms with Crippen molar-refractivity contribution >= 4 is 6.09 Å². The second-order valence-corrected chi connectivity index (χ2v) is 3.62. The van der Waals surface area contributed by atoms with E-state index in [9.17, 15) is 4.79 Å². The fourth-order valence-electron chi connectivity index (χ4n) is 1.74. The van der Waals surface area contributed by atoms with Crippen molar-refractivity contribution in [1.29, 1.82) is 0 Å². The van der Waals surface area contributed by atoms with Crippen molar-refractivity contribution in [1.82, 2.24) is 5.32 Å². The monoisotopic (exact) mass is 203 g/mol. The van der Waals surface area contributed by atoms with Gasteiger partial charge < -0.3 is 20.3 Å². The van der Waals surface area contributed by atoms with Crippen molar-refractivity contribution in [2.24, 2.45) is 5.92 Å². The molecule has 1 atom stereocenters. The number of rotatable bonds is 4. The minimum Gasteiger partial charge on any atom is -0.465 e. The fraction of sp³-hybridized carbons (Fsp3) is 0.889. The molecule has 1 fully saturated rings. The van der Waals surface area contributed by atoms with E-state index >= 15 is 0 Å². The summed E-state index contributed by atoms with van der Waals surface area (Å²) in [6.45, 7) is 1.36. The summed E-state index contributed by atoms with van der Waals surface area (Å²) in [5.74, 6) is 0.466. The van der Waals surface area contributed by atoms with Crippen LogP contribution in [0.5, 0.6) is 0 Å². The summed E-state index contributed by atoms with van der Waals surface area (Å²) >= 11 is 0. The Labute approximate surface area is 83.1 Å². The lowest BCUT2D eigenvalue weighted by Crippen LogP contribution is -2.38. The standard InChI is InChI=1S/C9H17NO4/c11-6-8(10-9(12)13)5-7-1-3-14-4-2-7/h7-8,10-11H,1-6H2,(H,12,13). The number of carbonyl (C=O) groups is 1. The van der Waals surface area contributed by atoms with Crippen LogP contribution in [0.2, 0.25) is 0 Å². The lowest BCUT2D eigenvalue weighted by atomic mass is 9.93. The average Bonchev–Trinajstić information content (AvgIpc) is 2.17. The molecule has 0 aliphatic carbocycles. The first-order valence-corrected chi connectivity index (χ1v) is 4.90. The molecule has 5 heteroatoms. The number of hydrogen-bond donors (Lipinski definition) is 3. The van der Waals surface area contributed by atoms with E-state index in [1.54, 1.807) is 0 Å². The van der Waals surface area contributed by atoms with Crippen molar-refractivity contribution in [2.45, 2.75) is 25.3 Å². The number of hydrogen-bond acceptors (Lipinski definition) is 3. The van der Waals surface area contributed by atoms with Gasteiger partial charge in [-0.05, 0) is 25.2 Å². The lowest BCUT2D eigenvalue weighted by Gasteiger charge is -2.25. The van der Waals surface area contributed by atoms with Crippen LogP contribution >= 0.6 is 0 Å². The van der Waals surface area contributed by atoms with Gasteiger partial charge in [0.2, 0.25) is 0 Å². The van der Waals surface area contributed by atoms with E-state index in [0.717, 1.165) is 26.1 Å². The Morgan fingerprint density at radius 3 is 2.64 bits per heavy atom. The van der Waals surface area contributed by atoms with Crippen LogP contribution in [-0.4, -0.2) is 42.2 Å². The Kier molecular flexibility index (Phi) is 4.69. The molecule has 1 aliphatic rings. The van der Waals surface area contributed by atoms with E-state index in [0.29, 0.717) is 12.3 Å². The van der Waals surface area contributed by atoms with Crippen LogP contribution in [0, 0.1) is 5.92 Å². The first-order valence-electron chi connectivity index (χ1n) is 4.90. The van der Waals surface area contributed by atoms with Gasteiger partial charge in [-0.25, -0.2) is 4.79 Å². The Hall–Kier alpha value is -0.810. The molecule has 0 aromatic rings. The summed E-state index contributed by atoms with van der Waals surface area (Å²) < 4.78 is 5.20. The lowest BCUT2D eigenvalue weighted by molar-refractivity contribution is 0.0574. The molecule has 1 unspecified atom stereocenters. The highest BCUT2D eigenvalue weighted by Gasteiger charge is 2.19. The molecule has 14 heavy (non-hydrogen) atoms. The van der Waals surface area contributed by atoms with Crippen LogP contribution < -0.4 is 5.32 Å². The van der Waals surface area contributed by atoms with E-state index < -0.39 is 6.09 Å². The number of amides is 1. The average molecular weight is 203 g/mol. The fourth-order valence-corrected chi connectivity index (χ4v) is 1.74. The van der Waals surface area contributed by atoms with Gasteiger partial charge in [-0.3, -0.25) is 0 Å². The van der Waals surface area contributed by atoms with Gasteiger partial charge in [-0.2, -0.15) is 0 Å². The molecule has 0 bridgehead atoms. The van der Waals surface area contributed by atoms with Crippen molar-refractivity contribution in [3.05, 3.63) is 0 Å². The zero-order chi connectivity index (χ0) is 10.4. The molecule has 0 radical (unpaired) electrons. The predicted octanol–water partition coefficient (Wildman–Crippen LogP) is 0.432. The molecule has 82 valence electrons. The molecule has 1 aliphatic heterocycles. The number of nitrogens with one attached hydrogen (secondary N) is 1. The minimum atomic E-state index is -1.07. The quantitative estimate of drug-likeness (QED) is 0.619. The molecule has 1 rings (SSSR count). The van der Waals surface area contributed by atoms with E-state index in [1.807, 2.05) is 0 Å². The minimum absolute atomic E-state index is 0.135.